The van der Waals surface area contributed by atoms with E-state index in [9.17, 15) is 13.5 Å². The number of hydrogen-bond acceptors (Lipinski definition) is 9. The largest absolute Gasteiger partial charge is 0.477 e. The van der Waals surface area contributed by atoms with Gasteiger partial charge in [0.2, 0.25) is 5.88 Å². The van der Waals surface area contributed by atoms with E-state index in [2.05, 4.69) is 25.3 Å². The number of nitrogens with one attached hydrogen (secondary N) is 1. The van der Waals surface area contributed by atoms with Crippen LogP contribution in [0.3, 0.4) is 0 Å². The normalized spacial score (nSPS) is 23.4. The summed E-state index contributed by atoms with van der Waals surface area (Å²) in [5.41, 5.74) is 5.59. The van der Waals surface area contributed by atoms with Crippen molar-refractivity contribution in [2.24, 2.45) is 10.7 Å². The number of alkyl halides is 1. The molecule has 5 N–H and O–H groups in total. The molecule has 3 aromatic rings. The van der Waals surface area contributed by atoms with Crippen LogP contribution in [0.2, 0.25) is 0 Å². The number of rotatable bonds is 6. The van der Waals surface area contributed by atoms with Crippen LogP contribution in [0.25, 0.3) is 11.0 Å². The first-order valence-electron chi connectivity index (χ1n) is 11.2. The number of ether oxygens (including phenoxy) is 1. The van der Waals surface area contributed by atoms with Crippen molar-refractivity contribution in [3.8, 4) is 5.88 Å². The van der Waals surface area contributed by atoms with Crippen molar-refractivity contribution < 1.29 is 22.6 Å². The first-order chi connectivity index (χ1) is 16.7. The zero-order valence-electron chi connectivity index (χ0n) is 19.0. The predicted octanol–water partition coefficient (Wildman–Crippen LogP) is 4.52. The Morgan fingerprint density at radius 1 is 1.23 bits per heavy atom. The van der Waals surface area contributed by atoms with E-state index in [4.69, 9.17) is 10.5 Å². The number of nitrogens with two attached hydrogens (primary N) is 1. The average Bonchev–Trinajstić information content (AvgIpc) is 2.78. The van der Waals surface area contributed by atoms with E-state index in [1.54, 1.807) is 12.3 Å². The maximum atomic E-state index is 15.1. The van der Waals surface area contributed by atoms with Crippen molar-refractivity contribution in [2.75, 3.05) is 24.4 Å². The molecule has 0 unspecified atom stereocenters. The second-order valence-corrected chi connectivity index (χ2v) is 11.2. The zero-order valence-corrected chi connectivity index (χ0v) is 19.9. The highest BCUT2D eigenvalue weighted by molar-refractivity contribution is 8.26. The van der Waals surface area contributed by atoms with E-state index in [1.807, 2.05) is 6.92 Å². The van der Waals surface area contributed by atoms with Gasteiger partial charge in [-0.15, -0.1) is 0 Å². The molecule has 2 aromatic heterocycles. The fourth-order valence-corrected chi connectivity index (χ4v) is 7.26. The molecule has 1 aromatic carbocycles. The Labute approximate surface area is 202 Å². The Balaban J connectivity index is 1.53. The van der Waals surface area contributed by atoms with Crippen molar-refractivity contribution in [3.05, 3.63) is 48.0 Å². The van der Waals surface area contributed by atoms with Gasteiger partial charge in [-0.05, 0) is 50.5 Å². The summed E-state index contributed by atoms with van der Waals surface area (Å²) in [6, 6.07) is 5.71. The Morgan fingerprint density at radius 2 is 2.03 bits per heavy atom. The smallest absolute Gasteiger partial charge is 0.232 e. The molecule has 3 heterocycles. The molecule has 35 heavy (non-hydrogen) atoms. The van der Waals surface area contributed by atoms with Crippen molar-refractivity contribution in [1.82, 2.24) is 15.0 Å². The number of pyridine rings is 1. The number of benzene rings is 1. The molecule has 1 aliphatic carbocycles. The highest BCUT2D eigenvalue weighted by Crippen LogP contribution is 2.66. The Hall–Kier alpha value is -3.09. The average molecular weight is 505 g/mol. The van der Waals surface area contributed by atoms with E-state index in [-0.39, 0.29) is 11.4 Å². The molecule has 1 fully saturated rings. The maximum Gasteiger partial charge on any atom is 0.232 e. The number of amidine groups is 1. The lowest BCUT2D eigenvalue weighted by molar-refractivity contribution is 0.291. The molecule has 0 radical (unpaired) electrons. The van der Waals surface area contributed by atoms with Crippen LogP contribution < -0.4 is 15.8 Å². The van der Waals surface area contributed by atoms with Gasteiger partial charge < -0.3 is 15.8 Å². The number of aliphatic imine (C=N–C) groups is 1. The molecule has 1 saturated carbocycles. The van der Waals surface area contributed by atoms with Crippen LogP contribution in [0.5, 0.6) is 5.88 Å². The third kappa shape index (κ3) is 3.76. The molecule has 186 valence electrons. The van der Waals surface area contributed by atoms with Crippen molar-refractivity contribution >= 4 is 39.0 Å². The summed E-state index contributed by atoms with van der Waals surface area (Å²) in [7, 11) is -3.35. The molecule has 0 bridgehead atoms. The van der Waals surface area contributed by atoms with E-state index in [0.717, 1.165) is 6.42 Å². The van der Waals surface area contributed by atoms with Gasteiger partial charge in [0.1, 0.15) is 34.1 Å². The second-order valence-electron chi connectivity index (χ2n) is 8.81. The van der Waals surface area contributed by atoms with Crippen LogP contribution in [0.4, 0.5) is 20.3 Å². The molecule has 1 atom stereocenters. The topological polar surface area (TPSA) is 139 Å². The molecule has 9 nitrogen and oxygen atoms in total. The van der Waals surface area contributed by atoms with Gasteiger partial charge in [0.15, 0.2) is 5.82 Å². The molecule has 0 amide bonds. The summed E-state index contributed by atoms with van der Waals surface area (Å²) in [4.78, 5) is 17.4. The molecule has 0 saturated heterocycles. The lowest BCUT2D eigenvalue weighted by Crippen LogP contribution is -2.60. The highest BCUT2D eigenvalue weighted by atomic mass is 32.3. The van der Waals surface area contributed by atoms with Crippen LogP contribution in [-0.4, -0.2) is 53.7 Å². The van der Waals surface area contributed by atoms with Gasteiger partial charge in [0.25, 0.3) is 0 Å². The zero-order chi connectivity index (χ0) is 24.8. The van der Waals surface area contributed by atoms with Gasteiger partial charge in [-0.2, -0.15) is 10.6 Å². The highest BCUT2D eigenvalue weighted by Gasteiger charge is 2.59. The molecule has 1 spiro atoms. The van der Waals surface area contributed by atoms with E-state index >= 15 is 4.39 Å². The molecule has 12 heteroatoms. The standard InChI is InChI=1S/C23H26F2N6O3S/c1-2-34-18-11-28-19-17(30-18)6-9-27-20(19)29-14-4-5-16(25)15(10-14)22(12-24)13-35(32,33)23(7-3-8-23)21(26)31-22/h4-6,9-11,32-33H,2-3,7-8,12-13H2,1H3,(H2,26,31)(H,27,29)/t22-/m0/s1. The van der Waals surface area contributed by atoms with Crippen LogP contribution in [0, 0.1) is 5.82 Å². The van der Waals surface area contributed by atoms with E-state index in [0.29, 0.717) is 47.9 Å². The summed E-state index contributed by atoms with van der Waals surface area (Å²) >= 11 is 0. The monoisotopic (exact) mass is 504 g/mol. The van der Waals surface area contributed by atoms with Gasteiger partial charge >= 0.3 is 0 Å². The number of aromatic nitrogens is 3. The van der Waals surface area contributed by atoms with Gasteiger partial charge in [-0.1, -0.05) is 0 Å². The number of fused-ring (bicyclic) bond motifs is 1. The number of anilines is 2. The van der Waals surface area contributed by atoms with Crippen LogP contribution in [0.15, 0.2) is 41.7 Å². The van der Waals surface area contributed by atoms with Crippen molar-refractivity contribution in [2.45, 2.75) is 36.5 Å². The number of halogens is 2. The van der Waals surface area contributed by atoms with Gasteiger partial charge in [-0.25, -0.2) is 23.7 Å². The maximum absolute atomic E-state index is 15.1. The molecule has 2 aliphatic rings. The Morgan fingerprint density at radius 3 is 2.69 bits per heavy atom. The minimum atomic E-state index is -3.35. The second kappa shape index (κ2) is 8.54. The summed E-state index contributed by atoms with van der Waals surface area (Å²) in [5, 5.41) is 3.08. The Kier molecular flexibility index (Phi) is 5.77. The summed E-state index contributed by atoms with van der Waals surface area (Å²) in [5.74, 6) is -0.454. The number of nitrogens with zero attached hydrogens (tertiary/aromatic N) is 4. The molecular weight excluding hydrogens is 478 g/mol. The van der Waals surface area contributed by atoms with E-state index < -0.39 is 39.1 Å². The Bertz CT molecular complexity index is 1320. The van der Waals surface area contributed by atoms with Gasteiger partial charge in [-0.3, -0.25) is 14.1 Å². The third-order valence-corrected chi connectivity index (χ3v) is 9.46. The van der Waals surface area contributed by atoms with Crippen molar-refractivity contribution in [1.29, 1.82) is 0 Å². The van der Waals surface area contributed by atoms with Gasteiger partial charge in [0, 0.05) is 17.4 Å². The molecular formula is C23H26F2N6O3S. The fourth-order valence-electron chi connectivity index (χ4n) is 4.70. The first kappa shape index (κ1) is 23.6. The summed E-state index contributed by atoms with van der Waals surface area (Å²) in [6.07, 6.45) is 4.73. The van der Waals surface area contributed by atoms with Crippen LogP contribution in [-0.2, 0) is 5.54 Å². The predicted molar refractivity (Wildman–Crippen MR) is 132 cm³/mol. The first-order valence-corrected chi connectivity index (χ1v) is 12.9. The fraction of sp³-hybridized carbons (Fsp3) is 0.391. The summed E-state index contributed by atoms with van der Waals surface area (Å²) < 4.78 is 55.9. The summed E-state index contributed by atoms with van der Waals surface area (Å²) in [6.45, 7) is 1.15. The third-order valence-electron chi connectivity index (χ3n) is 6.71. The minimum absolute atomic E-state index is 0.0264. The molecule has 1 aliphatic heterocycles. The number of hydrogen-bond donors (Lipinski definition) is 4. The lowest BCUT2D eigenvalue weighted by atomic mass is 9.82. The lowest BCUT2D eigenvalue weighted by Gasteiger charge is -2.60. The SMILES string of the molecule is CCOc1cnc2c(Nc3ccc(F)c([C@]4(CF)CS(O)(O)C5(CCC5)C(N)=N4)c3)nccc2n1. The minimum Gasteiger partial charge on any atom is -0.477 e. The quantitative estimate of drug-likeness (QED) is 0.384. The van der Waals surface area contributed by atoms with Crippen molar-refractivity contribution in [3.63, 3.8) is 0 Å². The van der Waals surface area contributed by atoms with Crippen LogP contribution >= 0.6 is 10.6 Å². The van der Waals surface area contributed by atoms with Gasteiger partial charge in [0.05, 0.1) is 24.1 Å². The molecule has 5 rings (SSSR count). The van der Waals surface area contributed by atoms with E-state index in [1.165, 1.54) is 24.4 Å². The van der Waals surface area contributed by atoms with Crippen LogP contribution in [0.1, 0.15) is 31.7 Å².